The van der Waals surface area contributed by atoms with E-state index in [4.69, 9.17) is 20.9 Å². The van der Waals surface area contributed by atoms with Crippen LogP contribution in [0.15, 0.2) is 48.8 Å². The minimum Gasteiger partial charge on any atom is -0.492 e. The average Bonchev–Trinajstić information content (AvgIpc) is 2.71. The van der Waals surface area contributed by atoms with E-state index in [0.717, 1.165) is 68.6 Å². The Bertz CT molecular complexity index is 1120. The first kappa shape index (κ1) is 25.3. The maximum absolute atomic E-state index is 6.10. The molecule has 170 valence electrons. The predicted molar refractivity (Wildman–Crippen MR) is 137 cm³/mol. The van der Waals surface area contributed by atoms with E-state index in [0.29, 0.717) is 13.2 Å². The molecule has 0 aliphatic heterocycles. The standard InChI is InChI=1S/C24H26N4O2.2ClH/c1-15-7-21(25)19-11-17(13-27-23(19)9-15)29-5-3-4-6-30-18-12-20-22(26)8-16(2)10-24(20)28-14-18;;/h7-14H,3-6,25-26H2,1-2H3;2*1H. The van der Waals surface area contributed by atoms with E-state index >= 15 is 0 Å². The monoisotopic (exact) mass is 474 g/mol. The highest BCUT2D eigenvalue weighted by molar-refractivity contribution is 5.92. The van der Waals surface area contributed by atoms with Gasteiger partial charge in [-0.05, 0) is 74.2 Å². The van der Waals surface area contributed by atoms with Crippen LogP contribution >= 0.6 is 24.8 Å². The second kappa shape index (κ2) is 11.1. The first-order chi connectivity index (χ1) is 14.5. The summed E-state index contributed by atoms with van der Waals surface area (Å²) in [5.74, 6) is 1.45. The highest BCUT2D eigenvalue weighted by Crippen LogP contribution is 2.26. The number of hydrogen-bond acceptors (Lipinski definition) is 6. The Labute approximate surface area is 200 Å². The molecule has 2 heterocycles. The zero-order valence-electron chi connectivity index (χ0n) is 18.1. The largest absolute Gasteiger partial charge is 0.492 e. The average molecular weight is 475 g/mol. The number of hydrogen-bond donors (Lipinski definition) is 2. The molecule has 4 aromatic rings. The van der Waals surface area contributed by atoms with Crippen LogP contribution in [0.5, 0.6) is 11.5 Å². The van der Waals surface area contributed by atoms with Gasteiger partial charge in [0, 0.05) is 22.1 Å². The number of pyridine rings is 2. The van der Waals surface area contributed by atoms with E-state index in [-0.39, 0.29) is 24.8 Å². The minimum absolute atomic E-state index is 0. The van der Waals surface area contributed by atoms with E-state index in [2.05, 4.69) is 9.97 Å². The van der Waals surface area contributed by atoms with E-state index in [9.17, 15) is 0 Å². The molecule has 4 rings (SSSR count). The number of nitrogens with zero attached hydrogens (tertiary/aromatic N) is 2. The number of anilines is 2. The fourth-order valence-corrected chi connectivity index (χ4v) is 3.51. The Morgan fingerprint density at radius 3 is 1.47 bits per heavy atom. The molecule has 0 saturated heterocycles. The van der Waals surface area contributed by atoms with Crippen LogP contribution in [0, 0.1) is 13.8 Å². The number of nitrogens with two attached hydrogens (primary N) is 2. The summed E-state index contributed by atoms with van der Waals surface area (Å²) in [4.78, 5) is 8.90. The lowest BCUT2D eigenvalue weighted by Gasteiger charge is -2.10. The smallest absolute Gasteiger partial charge is 0.138 e. The number of rotatable bonds is 7. The van der Waals surface area contributed by atoms with Crippen molar-refractivity contribution in [3.05, 3.63) is 59.9 Å². The Kier molecular flexibility index (Phi) is 8.75. The van der Waals surface area contributed by atoms with Crippen molar-refractivity contribution in [1.82, 2.24) is 9.97 Å². The summed E-state index contributed by atoms with van der Waals surface area (Å²) in [5, 5.41) is 1.83. The summed E-state index contributed by atoms with van der Waals surface area (Å²) < 4.78 is 11.7. The first-order valence-electron chi connectivity index (χ1n) is 10.1. The number of benzene rings is 2. The minimum atomic E-state index is 0. The van der Waals surface area contributed by atoms with Crippen molar-refractivity contribution >= 4 is 58.0 Å². The Morgan fingerprint density at radius 1 is 0.656 bits per heavy atom. The molecule has 0 aliphatic carbocycles. The van der Waals surface area contributed by atoms with Crippen LogP contribution in [0.4, 0.5) is 11.4 Å². The van der Waals surface area contributed by atoms with Crippen molar-refractivity contribution in [3.63, 3.8) is 0 Å². The van der Waals surface area contributed by atoms with Crippen LogP contribution in [0.3, 0.4) is 0 Å². The fourth-order valence-electron chi connectivity index (χ4n) is 3.51. The number of unbranched alkanes of at least 4 members (excludes halogenated alkanes) is 1. The van der Waals surface area contributed by atoms with Crippen LogP contribution in [0.2, 0.25) is 0 Å². The quantitative estimate of drug-likeness (QED) is 0.265. The van der Waals surface area contributed by atoms with Crippen molar-refractivity contribution < 1.29 is 9.47 Å². The zero-order valence-corrected chi connectivity index (χ0v) is 19.8. The van der Waals surface area contributed by atoms with Gasteiger partial charge in [-0.2, -0.15) is 0 Å². The Hall–Kier alpha value is -2.96. The summed E-state index contributed by atoms with van der Waals surface area (Å²) in [7, 11) is 0. The number of aromatic nitrogens is 2. The molecule has 0 amide bonds. The normalized spacial score (nSPS) is 10.4. The summed E-state index contributed by atoms with van der Waals surface area (Å²) >= 11 is 0. The van der Waals surface area contributed by atoms with Crippen molar-refractivity contribution in [2.24, 2.45) is 0 Å². The van der Waals surface area contributed by atoms with Gasteiger partial charge in [-0.1, -0.05) is 0 Å². The third-order valence-corrected chi connectivity index (χ3v) is 4.98. The number of ether oxygens (including phenoxy) is 2. The van der Waals surface area contributed by atoms with Gasteiger partial charge >= 0.3 is 0 Å². The van der Waals surface area contributed by atoms with Crippen molar-refractivity contribution in [2.75, 3.05) is 24.7 Å². The van der Waals surface area contributed by atoms with Gasteiger partial charge in [0.15, 0.2) is 0 Å². The third-order valence-electron chi connectivity index (χ3n) is 4.98. The van der Waals surface area contributed by atoms with E-state index in [1.807, 2.05) is 50.2 Å². The number of aryl methyl sites for hydroxylation is 2. The van der Waals surface area contributed by atoms with Gasteiger partial charge < -0.3 is 20.9 Å². The number of fused-ring (bicyclic) bond motifs is 2. The first-order valence-corrected chi connectivity index (χ1v) is 10.1. The number of halogens is 2. The van der Waals surface area contributed by atoms with Crippen molar-refractivity contribution in [3.8, 4) is 11.5 Å². The van der Waals surface area contributed by atoms with E-state index in [1.165, 1.54) is 0 Å². The fraction of sp³-hybridized carbons (Fsp3) is 0.250. The highest BCUT2D eigenvalue weighted by Gasteiger charge is 2.05. The molecule has 0 fully saturated rings. The SMILES string of the molecule is Cc1cc(N)c2cc(OCCCCOc3cnc4cc(C)cc(N)c4c3)cnc2c1.Cl.Cl. The lowest BCUT2D eigenvalue weighted by atomic mass is 10.1. The summed E-state index contributed by atoms with van der Waals surface area (Å²) in [5.41, 5.74) is 17.6. The molecule has 4 N–H and O–H groups in total. The molecule has 0 radical (unpaired) electrons. The molecule has 0 unspecified atom stereocenters. The molecule has 32 heavy (non-hydrogen) atoms. The van der Waals surface area contributed by atoms with Crippen LogP contribution in [-0.2, 0) is 0 Å². The van der Waals surface area contributed by atoms with Gasteiger partial charge in [-0.25, -0.2) is 0 Å². The molecule has 0 aliphatic rings. The molecular weight excluding hydrogens is 447 g/mol. The summed E-state index contributed by atoms with van der Waals surface area (Å²) in [6, 6.07) is 11.8. The second-order valence-corrected chi connectivity index (χ2v) is 7.59. The maximum atomic E-state index is 6.10. The number of nitrogen functional groups attached to an aromatic ring is 2. The summed E-state index contributed by atoms with van der Waals surface area (Å²) in [6.45, 7) is 5.19. The van der Waals surface area contributed by atoms with Crippen LogP contribution < -0.4 is 20.9 Å². The predicted octanol–water partition coefficient (Wildman–Crippen LogP) is 5.65. The Morgan fingerprint density at radius 2 is 1.06 bits per heavy atom. The van der Waals surface area contributed by atoms with Crippen molar-refractivity contribution in [1.29, 1.82) is 0 Å². The van der Waals surface area contributed by atoms with Gasteiger partial charge in [-0.15, -0.1) is 24.8 Å². The van der Waals surface area contributed by atoms with Gasteiger partial charge in [0.05, 0.1) is 36.6 Å². The lowest BCUT2D eigenvalue weighted by molar-refractivity contribution is 0.266. The van der Waals surface area contributed by atoms with E-state index < -0.39 is 0 Å². The maximum Gasteiger partial charge on any atom is 0.138 e. The molecule has 2 aromatic carbocycles. The molecule has 0 atom stereocenters. The summed E-state index contributed by atoms with van der Waals surface area (Å²) in [6.07, 6.45) is 5.21. The van der Waals surface area contributed by atoms with Gasteiger partial charge in [0.1, 0.15) is 11.5 Å². The van der Waals surface area contributed by atoms with Gasteiger partial charge in [-0.3, -0.25) is 9.97 Å². The second-order valence-electron chi connectivity index (χ2n) is 7.59. The highest BCUT2D eigenvalue weighted by atomic mass is 35.5. The zero-order chi connectivity index (χ0) is 21.1. The lowest BCUT2D eigenvalue weighted by Crippen LogP contribution is -2.03. The molecule has 0 saturated carbocycles. The van der Waals surface area contributed by atoms with Crippen molar-refractivity contribution in [2.45, 2.75) is 26.7 Å². The topological polar surface area (TPSA) is 96.3 Å². The van der Waals surface area contributed by atoms with Gasteiger partial charge in [0.25, 0.3) is 0 Å². The van der Waals surface area contributed by atoms with Crippen LogP contribution in [0.1, 0.15) is 24.0 Å². The molecular formula is C24H28Cl2N4O2. The molecule has 2 aromatic heterocycles. The third kappa shape index (κ3) is 5.84. The molecule has 8 heteroatoms. The van der Waals surface area contributed by atoms with Crippen LogP contribution in [-0.4, -0.2) is 23.2 Å². The van der Waals surface area contributed by atoms with Crippen LogP contribution in [0.25, 0.3) is 21.8 Å². The molecule has 0 bridgehead atoms. The molecule has 0 spiro atoms. The van der Waals surface area contributed by atoms with E-state index in [1.54, 1.807) is 12.4 Å². The Balaban J connectivity index is 0.00000181. The van der Waals surface area contributed by atoms with Gasteiger partial charge in [0.2, 0.25) is 0 Å². The molecule has 6 nitrogen and oxygen atoms in total.